The number of halogens is 1. The summed E-state index contributed by atoms with van der Waals surface area (Å²) in [7, 11) is -3.49. The molecule has 1 aliphatic heterocycles. The highest BCUT2D eigenvalue weighted by atomic mass is 79.9. The maximum atomic E-state index is 12.6. The molecule has 0 aromatic heterocycles. The number of ether oxygens (including phenoxy) is 1. The molecule has 29 heavy (non-hydrogen) atoms. The number of amides is 1. The van der Waals surface area contributed by atoms with Crippen molar-refractivity contribution in [3.05, 3.63) is 64.1 Å². The van der Waals surface area contributed by atoms with Gasteiger partial charge in [0.25, 0.3) is 0 Å². The second kappa shape index (κ2) is 9.84. The van der Waals surface area contributed by atoms with Crippen molar-refractivity contribution in [3.8, 4) is 0 Å². The number of rotatable bonds is 7. The lowest BCUT2D eigenvalue weighted by atomic mass is 10.1. The predicted molar refractivity (Wildman–Crippen MR) is 115 cm³/mol. The summed E-state index contributed by atoms with van der Waals surface area (Å²) in [4.78, 5) is 12.6. The van der Waals surface area contributed by atoms with E-state index in [0.29, 0.717) is 39.1 Å². The van der Waals surface area contributed by atoms with Gasteiger partial charge in [-0.25, -0.2) is 8.42 Å². The SMILES string of the molecule is CC(NC(=O)CCc1ccc(S(=O)(=O)N2CCOCC2)cc1)c1cccc(Br)c1. The number of aryl methyl sites for hydroxylation is 1. The highest BCUT2D eigenvalue weighted by Gasteiger charge is 2.26. The van der Waals surface area contributed by atoms with Crippen LogP contribution in [0.15, 0.2) is 57.9 Å². The van der Waals surface area contributed by atoms with E-state index in [9.17, 15) is 13.2 Å². The van der Waals surface area contributed by atoms with Gasteiger partial charge in [-0.3, -0.25) is 4.79 Å². The van der Waals surface area contributed by atoms with Crippen LogP contribution in [0.25, 0.3) is 0 Å². The number of carbonyl (C=O) groups excluding carboxylic acids is 1. The Balaban J connectivity index is 1.54. The summed E-state index contributed by atoms with van der Waals surface area (Å²) in [5.74, 6) is -0.0394. The van der Waals surface area contributed by atoms with Gasteiger partial charge in [0, 0.05) is 24.0 Å². The highest BCUT2D eigenvalue weighted by Crippen LogP contribution is 2.19. The highest BCUT2D eigenvalue weighted by molar-refractivity contribution is 9.10. The summed E-state index contributed by atoms with van der Waals surface area (Å²) >= 11 is 3.44. The van der Waals surface area contributed by atoms with Crippen LogP contribution in [-0.4, -0.2) is 44.9 Å². The quantitative estimate of drug-likeness (QED) is 0.659. The van der Waals surface area contributed by atoms with E-state index in [1.165, 1.54) is 4.31 Å². The minimum absolute atomic E-state index is 0.0394. The van der Waals surface area contributed by atoms with E-state index in [4.69, 9.17) is 4.74 Å². The van der Waals surface area contributed by atoms with Gasteiger partial charge in [0.2, 0.25) is 15.9 Å². The van der Waals surface area contributed by atoms with Gasteiger partial charge in [0.05, 0.1) is 24.2 Å². The molecular weight excluding hydrogens is 456 g/mol. The zero-order chi connectivity index (χ0) is 20.9. The molecule has 1 N–H and O–H groups in total. The molecular formula is C21H25BrN2O4S. The molecule has 0 bridgehead atoms. The van der Waals surface area contributed by atoms with Gasteiger partial charge in [-0.1, -0.05) is 40.2 Å². The zero-order valence-corrected chi connectivity index (χ0v) is 18.7. The Morgan fingerprint density at radius 3 is 2.52 bits per heavy atom. The number of sulfonamides is 1. The molecule has 0 aliphatic carbocycles. The standard InChI is InChI=1S/C21H25BrN2O4S/c1-16(18-3-2-4-19(22)15-18)23-21(25)10-7-17-5-8-20(9-6-17)29(26,27)24-11-13-28-14-12-24/h2-6,8-9,15-16H,7,10-14H2,1H3,(H,23,25). The van der Waals surface area contributed by atoms with Crippen LogP contribution in [0.4, 0.5) is 0 Å². The molecule has 2 aromatic rings. The number of hydrogen-bond acceptors (Lipinski definition) is 4. The summed E-state index contributed by atoms with van der Waals surface area (Å²) < 4.78 is 32.9. The Labute approximate surface area is 180 Å². The Morgan fingerprint density at radius 2 is 1.86 bits per heavy atom. The maximum absolute atomic E-state index is 12.6. The van der Waals surface area contributed by atoms with Gasteiger partial charge >= 0.3 is 0 Å². The Hall–Kier alpha value is -1.74. The number of morpholine rings is 1. The van der Waals surface area contributed by atoms with Crippen molar-refractivity contribution in [2.75, 3.05) is 26.3 Å². The molecule has 0 saturated carbocycles. The maximum Gasteiger partial charge on any atom is 0.243 e. The van der Waals surface area contributed by atoms with E-state index in [0.717, 1.165) is 15.6 Å². The predicted octanol–water partition coefficient (Wildman–Crippen LogP) is 3.28. The zero-order valence-electron chi connectivity index (χ0n) is 16.3. The smallest absolute Gasteiger partial charge is 0.243 e. The van der Waals surface area contributed by atoms with Crippen molar-refractivity contribution < 1.29 is 17.9 Å². The van der Waals surface area contributed by atoms with Crippen molar-refractivity contribution in [3.63, 3.8) is 0 Å². The van der Waals surface area contributed by atoms with Gasteiger partial charge in [-0.2, -0.15) is 4.31 Å². The van der Waals surface area contributed by atoms with E-state index in [1.807, 2.05) is 31.2 Å². The first-order valence-electron chi connectivity index (χ1n) is 9.58. The van der Waals surface area contributed by atoms with Crippen LogP contribution in [0.1, 0.15) is 30.5 Å². The molecule has 1 unspecified atom stereocenters. The van der Waals surface area contributed by atoms with Gasteiger partial charge < -0.3 is 10.1 Å². The third-order valence-corrected chi connectivity index (χ3v) is 7.30. The third kappa shape index (κ3) is 5.88. The first-order chi connectivity index (χ1) is 13.9. The second-order valence-electron chi connectivity index (χ2n) is 7.00. The van der Waals surface area contributed by atoms with Crippen molar-refractivity contribution in [1.29, 1.82) is 0 Å². The van der Waals surface area contributed by atoms with E-state index in [1.54, 1.807) is 24.3 Å². The molecule has 1 aliphatic rings. The summed E-state index contributed by atoms with van der Waals surface area (Å²) in [6, 6.07) is 14.5. The van der Waals surface area contributed by atoms with Crippen LogP contribution in [0.3, 0.4) is 0 Å². The fourth-order valence-corrected chi connectivity index (χ4v) is 5.02. The van der Waals surface area contributed by atoms with Crippen LogP contribution < -0.4 is 5.32 Å². The van der Waals surface area contributed by atoms with E-state index in [-0.39, 0.29) is 16.8 Å². The molecule has 1 atom stereocenters. The van der Waals surface area contributed by atoms with Gasteiger partial charge in [-0.05, 0) is 48.7 Å². The summed E-state index contributed by atoms with van der Waals surface area (Å²) in [5, 5.41) is 3.00. The van der Waals surface area contributed by atoms with E-state index >= 15 is 0 Å². The monoisotopic (exact) mass is 480 g/mol. The van der Waals surface area contributed by atoms with Gasteiger partial charge in [0.1, 0.15) is 0 Å². The Bertz CT molecular complexity index is 941. The van der Waals surface area contributed by atoms with Crippen molar-refractivity contribution >= 4 is 31.9 Å². The van der Waals surface area contributed by atoms with Crippen LogP contribution in [-0.2, 0) is 26.0 Å². The fraction of sp³-hybridized carbons (Fsp3) is 0.381. The lowest BCUT2D eigenvalue weighted by Crippen LogP contribution is -2.40. The molecule has 2 aromatic carbocycles. The normalized spacial score (nSPS) is 16.3. The summed E-state index contributed by atoms with van der Waals surface area (Å²) in [6.07, 6.45) is 0.892. The average molecular weight is 481 g/mol. The van der Waals surface area contributed by atoms with Gasteiger partial charge in [0.15, 0.2) is 0 Å². The van der Waals surface area contributed by atoms with Crippen LogP contribution >= 0.6 is 15.9 Å². The number of hydrogen-bond donors (Lipinski definition) is 1. The van der Waals surface area contributed by atoms with Crippen molar-refractivity contribution in [2.24, 2.45) is 0 Å². The Kier molecular flexibility index (Phi) is 7.45. The second-order valence-corrected chi connectivity index (χ2v) is 9.86. The van der Waals surface area contributed by atoms with E-state index < -0.39 is 10.0 Å². The molecule has 0 radical (unpaired) electrons. The summed E-state index contributed by atoms with van der Waals surface area (Å²) in [6.45, 7) is 3.54. The van der Waals surface area contributed by atoms with Crippen molar-refractivity contribution in [2.45, 2.75) is 30.7 Å². The number of nitrogens with one attached hydrogen (secondary N) is 1. The first kappa shape index (κ1) is 22.0. The minimum Gasteiger partial charge on any atom is -0.379 e. The van der Waals surface area contributed by atoms with Crippen LogP contribution in [0.2, 0.25) is 0 Å². The molecule has 0 spiro atoms. The topological polar surface area (TPSA) is 75.7 Å². The Morgan fingerprint density at radius 1 is 1.17 bits per heavy atom. The third-order valence-electron chi connectivity index (χ3n) is 4.90. The fourth-order valence-electron chi connectivity index (χ4n) is 3.19. The number of benzene rings is 2. The molecule has 1 heterocycles. The first-order valence-corrected chi connectivity index (χ1v) is 11.8. The molecule has 6 nitrogen and oxygen atoms in total. The van der Waals surface area contributed by atoms with Crippen LogP contribution in [0.5, 0.6) is 0 Å². The van der Waals surface area contributed by atoms with Gasteiger partial charge in [-0.15, -0.1) is 0 Å². The lowest BCUT2D eigenvalue weighted by molar-refractivity contribution is -0.121. The molecule has 3 rings (SSSR count). The van der Waals surface area contributed by atoms with E-state index in [2.05, 4.69) is 21.2 Å². The summed E-state index contributed by atoms with van der Waals surface area (Å²) in [5.41, 5.74) is 1.96. The largest absolute Gasteiger partial charge is 0.379 e. The number of carbonyl (C=O) groups is 1. The average Bonchev–Trinajstić information content (AvgIpc) is 2.73. The molecule has 156 valence electrons. The lowest BCUT2D eigenvalue weighted by Gasteiger charge is -2.26. The molecule has 8 heteroatoms. The molecule has 1 fully saturated rings. The molecule has 1 saturated heterocycles. The minimum atomic E-state index is -3.49. The van der Waals surface area contributed by atoms with Crippen LogP contribution in [0, 0.1) is 0 Å². The van der Waals surface area contributed by atoms with Crippen molar-refractivity contribution in [1.82, 2.24) is 9.62 Å². The number of nitrogens with zero attached hydrogens (tertiary/aromatic N) is 1. The molecule has 1 amide bonds.